The zero-order valence-electron chi connectivity index (χ0n) is 13.2. The number of fused-ring (bicyclic) bond motifs is 4. The maximum Gasteiger partial charge on any atom is 0.0914 e. The van der Waals surface area contributed by atoms with Gasteiger partial charge in [0.2, 0.25) is 0 Å². The van der Waals surface area contributed by atoms with Crippen LogP contribution in [0, 0.1) is 5.92 Å². The van der Waals surface area contributed by atoms with Crippen molar-refractivity contribution in [3.05, 3.63) is 42.2 Å². The second-order valence-corrected chi connectivity index (χ2v) is 7.54. The van der Waals surface area contributed by atoms with Crippen LogP contribution in [0.5, 0.6) is 0 Å². The van der Waals surface area contributed by atoms with Gasteiger partial charge in [0.25, 0.3) is 0 Å². The van der Waals surface area contributed by atoms with E-state index in [4.69, 9.17) is 4.98 Å². The Hall–Kier alpha value is -1.87. The number of hydrogen-bond acceptors (Lipinski definition) is 2. The van der Waals surface area contributed by atoms with Gasteiger partial charge in [-0.3, -0.25) is 0 Å². The molecule has 1 saturated carbocycles. The molecular weight excluding hydrogens is 282 g/mol. The van der Waals surface area contributed by atoms with Gasteiger partial charge in [-0.15, -0.1) is 0 Å². The number of rotatable bonds is 0. The van der Waals surface area contributed by atoms with Crippen molar-refractivity contribution in [1.29, 1.82) is 0 Å². The Morgan fingerprint density at radius 2 is 2.04 bits per heavy atom. The molecule has 4 atom stereocenters. The molecule has 5 aliphatic heterocycles. The number of hydrogen-bond donors (Lipinski definition) is 1. The summed E-state index contributed by atoms with van der Waals surface area (Å²) >= 11 is 0. The predicted octanol–water partition coefficient (Wildman–Crippen LogP) is 3.94. The zero-order chi connectivity index (χ0) is 15.0. The first-order chi connectivity index (χ1) is 11.4. The molecular formula is C20H21N3. The van der Waals surface area contributed by atoms with E-state index < -0.39 is 0 Å². The van der Waals surface area contributed by atoms with E-state index in [-0.39, 0.29) is 0 Å². The lowest BCUT2D eigenvalue weighted by molar-refractivity contribution is 0.0859. The molecule has 3 heteroatoms. The van der Waals surface area contributed by atoms with Crippen molar-refractivity contribution in [3.8, 4) is 11.3 Å². The molecule has 7 rings (SSSR count). The monoisotopic (exact) mass is 303 g/mol. The fourth-order valence-corrected chi connectivity index (χ4v) is 5.69. The minimum Gasteiger partial charge on any atom is -0.346 e. The van der Waals surface area contributed by atoms with Gasteiger partial charge in [-0.05, 0) is 50.3 Å². The molecule has 1 aromatic carbocycles. The van der Waals surface area contributed by atoms with Crippen LogP contribution >= 0.6 is 0 Å². The van der Waals surface area contributed by atoms with Crippen molar-refractivity contribution in [3.63, 3.8) is 0 Å². The Kier molecular flexibility index (Phi) is 2.37. The highest BCUT2D eigenvalue weighted by molar-refractivity contribution is 5.98. The summed E-state index contributed by atoms with van der Waals surface area (Å²) < 4.78 is 2.59. The number of piperidine rings is 1. The van der Waals surface area contributed by atoms with Crippen LogP contribution in [-0.2, 0) is 0 Å². The predicted molar refractivity (Wildman–Crippen MR) is 91.9 cm³/mol. The van der Waals surface area contributed by atoms with Crippen LogP contribution < -0.4 is 5.32 Å². The van der Waals surface area contributed by atoms with Gasteiger partial charge in [0, 0.05) is 40.8 Å². The second-order valence-electron chi connectivity index (χ2n) is 7.54. The summed E-state index contributed by atoms with van der Waals surface area (Å²) in [6.45, 7) is 1.19. The van der Waals surface area contributed by atoms with Crippen molar-refractivity contribution >= 4 is 10.9 Å². The fourth-order valence-electron chi connectivity index (χ4n) is 5.69. The minimum absolute atomic E-state index is 0.637. The molecule has 6 aliphatic rings. The fraction of sp³-hybridized carbons (Fsp3) is 0.450. The average molecular weight is 303 g/mol. The highest BCUT2D eigenvalue weighted by Crippen LogP contribution is 2.53. The number of para-hydroxylation sites is 1. The number of nitrogens with one attached hydrogen (secondary N) is 1. The van der Waals surface area contributed by atoms with Crippen LogP contribution in [0.4, 0.5) is 0 Å². The number of aromatic nitrogens is 2. The quantitative estimate of drug-likeness (QED) is 0.681. The number of nitrogens with zero attached hydrogens (tertiary/aromatic N) is 2. The molecule has 2 bridgehead atoms. The number of pyridine rings is 1. The summed E-state index contributed by atoms with van der Waals surface area (Å²) in [7, 11) is 0. The van der Waals surface area contributed by atoms with Gasteiger partial charge in [0.1, 0.15) is 0 Å². The van der Waals surface area contributed by atoms with Crippen LogP contribution in [-0.4, -0.2) is 22.1 Å². The minimum atomic E-state index is 0.637. The molecule has 116 valence electrons. The normalized spacial score (nSPS) is 32.2. The molecule has 0 radical (unpaired) electrons. The van der Waals surface area contributed by atoms with E-state index in [0.29, 0.717) is 18.0 Å². The van der Waals surface area contributed by atoms with Gasteiger partial charge in [0.05, 0.1) is 11.2 Å². The Balaban J connectivity index is 1.64. The van der Waals surface area contributed by atoms with Crippen LogP contribution in [0.1, 0.15) is 43.3 Å². The summed E-state index contributed by atoms with van der Waals surface area (Å²) in [6, 6.07) is 12.2. The third kappa shape index (κ3) is 1.51. The Morgan fingerprint density at radius 3 is 3.04 bits per heavy atom. The highest BCUT2D eigenvalue weighted by Gasteiger charge is 2.48. The first kappa shape index (κ1) is 12.5. The van der Waals surface area contributed by atoms with Crippen LogP contribution in [0.3, 0.4) is 0 Å². The van der Waals surface area contributed by atoms with E-state index in [9.17, 15) is 0 Å². The third-order valence-electron chi connectivity index (χ3n) is 6.57. The zero-order valence-corrected chi connectivity index (χ0v) is 13.2. The molecule has 5 heterocycles. The maximum atomic E-state index is 5.04. The van der Waals surface area contributed by atoms with Gasteiger partial charge in [-0.2, -0.15) is 0 Å². The van der Waals surface area contributed by atoms with E-state index in [0.717, 1.165) is 11.4 Å². The van der Waals surface area contributed by atoms with Crippen molar-refractivity contribution < 1.29 is 0 Å². The highest BCUT2D eigenvalue weighted by atomic mass is 15.1. The summed E-state index contributed by atoms with van der Waals surface area (Å²) in [6.07, 6.45) is 7.74. The van der Waals surface area contributed by atoms with Crippen LogP contribution in [0.2, 0.25) is 0 Å². The molecule has 1 saturated heterocycles. The molecule has 23 heavy (non-hydrogen) atoms. The molecule has 0 unspecified atom stereocenters. The summed E-state index contributed by atoms with van der Waals surface area (Å²) in [5, 5.41) is 5.16. The lowest BCUT2D eigenvalue weighted by atomic mass is 9.65. The molecule has 1 aromatic rings. The van der Waals surface area contributed by atoms with Crippen molar-refractivity contribution in [2.24, 2.45) is 5.92 Å². The molecule has 1 N–H and O–H groups in total. The Bertz CT molecular complexity index is 880. The second kappa shape index (κ2) is 4.35. The van der Waals surface area contributed by atoms with Gasteiger partial charge in [-0.1, -0.05) is 18.2 Å². The largest absolute Gasteiger partial charge is 0.346 e. The Labute approximate surface area is 136 Å². The molecule has 3 nitrogen and oxygen atoms in total. The van der Waals surface area contributed by atoms with E-state index >= 15 is 0 Å². The molecule has 1 aliphatic carbocycles. The summed E-state index contributed by atoms with van der Waals surface area (Å²) in [4.78, 5) is 5.04. The molecule has 0 amide bonds. The first-order valence-electron chi connectivity index (χ1n) is 9.04. The SMILES string of the molecule is c1ccc2c3ccn4c(c-3nc2c1)[C@@H]1CC[C@H]4[C@@H]2CCCN[C@@H]21. The summed E-state index contributed by atoms with van der Waals surface area (Å²) in [5.41, 5.74) is 5.25. The lowest BCUT2D eigenvalue weighted by Crippen LogP contribution is -2.55. The van der Waals surface area contributed by atoms with E-state index in [1.165, 1.54) is 54.6 Å². The van der Waals surface area contributed by atoms with Crippen molar-refractivity contribution in [2.45, 2.75) is 43.7 Å². The smallest absolute Gasteiger partial charge is 0.0914 e. The molecule has 0 spiro atoms. The molecule has 2 fully saturated rings. The van der Waals surface area contributed by atoms with Crippen molar-refractivity contribution in [2.75, 3.05) is 6.54 Å². The van der Waals surface area contributed by atoms with E-state index in [1.54, 1.807) is 0 Å². The average Bonchev–Trinajstić information content (AvgIpc) is 3.01. The van der Waals surface area contributed by atoms with Crippen molar-refractivity contribution in [1.82, 2.24) is 14.9 Å². The van der Waals surface area contributed by atoms with Gasteiger partial charge in [0.15, 0.2) is 0 Å². The molecule has 0 aromatic heterocycles. The van der Waals surface area contributed by atoms with E-state index in [1.807, 2.05) is 0 Å². The van der Waals surface area contributed by atoms with Gasteiger partial charge < -0.3 is 9.88 Å². The number of benzene rings is 1. The van der Waals surface area contributed by atoms with Crippen LogP contribution in [0.15, 0.2) is 36.5 Å². The van der Waals surface area contributed by atoms with Gasteiger partial charge >= 0.3 is 0 Å². The topological polar surface area (TPSA) is 29.9 Å². The van der Waals surface area contributed by atoms with Gasteiger partial charge in [-0.25, -0.2) is 4.98 Å². The standard InChI is InChI=1S/C20H21N3/c1-2-6-16-12(4-1)13-9-11-23-17-8-7-15(20(23)19(13)22-16)18-14(17)5-3-10-21-18/h1-2,4,6,9,11,14-15,17-18,21H,3,5,7-8,10H2/t14-,15+,17-,18-/m0/s1. The van der Waals surface area contributed by atoms with Crippen LogP contribution in [0.25, 0.3) is 22.2 Å². The third-order valence-corrected chi connectivity index (χ3v) is 6.57. The summed E-state index contributed by atoms with van der Waals surface area (Å²) in [5.74, 6) is 1.46. The van der Waals surface area contributed by atoms with E-state index in [2.05, 4.69) is 46.4 Å². The Morgan fingerprint density at radius 1 is 1.09 bits per heavy atom. The first-order valence-corrected chi connectivity index (χ1v) is 9.04. The lowest BCUT2D eigenvalue weighted by Gasteiger charge is -2.53. The maximum absolute atomic E-state index is 5.04.